The van der Waals surface area contributed by atoms with Crippen molar-refractivity contribution < 1.29 is 14.6 Å². The largest absolute Gasteiger partial charge is 0.468 e. The van der Waals surface area contributed by atoms with E-state index in [1.165, 1.54) is 7.11 Å². The number of esters is 1. The van der Waals surface area contributed by atoms with E-state index in [-0.39, 0.29) is 5.97 Å². The van der Waals surface area contributed by atoms with E-state index in [2.05, 4.69) is 11.3 Å². The van der Waals surface area contributed by atoms with Gasteiger partial charge < -0.3 is 9.84 Å². The molecule has 0 aromatic heterocycles. The van der Waals surface area contributed by atoms with Crippen LogP contribution in [0.1, 0.15) is 6.42 Å². The number of methoxy groups -OCH3 is 1. The zero-order chi connectivity index (χ0) is 10.7. The van der Waals surface area contributed by atoms with Crippen LogP contribution in [0.25, 0.3) is 0 Å². The van der Waals surface area contributed by atoms with Crippen LogP contribution in [0.3, 0.4) is 0 Å². The third kappa shape index (κ3) is 2.70. The Labute approximate surface area is 88.1 Å². The van der Waals surface area contributed by atoms with E-state index in [0.717, 1.165) is 0 Å². The van der Waals surface area contributed by atoms with Crippen LogP contribution >= 0.6 is 11.6 Å². The Morgan fingerprint density at radius 2 is 2.43 bits per heavy atom. The number of ether oxygens (including phenoxy) is 1. The van der Waals surface area contributed by atoms with Crippen LogP contribution in [0.2, 0.25) is 0 Å². The zero-order valence-corrected chi connectivity index (χ0v) is 8.83. The Morgan fingerprint density at radius 1 is 1.79 bits per heavy atom. The molecule has 0 aromatic rings. The molecule has 0 aromatic carbocycles. The van der Waals surface area contributed by atoms with Gasteiger partial charge in [0.15, 0.2) is 0 Å². The molecule has 1 rings (SSSR count). The molecular formula is C9H14ClNO3. The van der Waals surface area contributed by atoms with Crippen molar-refractivity contribution >= 4 is 17.6 Å². The Morgan fingerprint density at radius 3 is 2.93 bits per heavy atom. The van der Waals surface area contributed by atoms with Crippen molar-refractivity contribution in [1.29, 1.82) is 0 Å². The van der Waals surface area contributed by atoms with Crippen LogP contribution in [0.15, 0.2) is 11.6 Å². The lowest BCUT2D eigenvalue weighted by Crippen LogP contribution is -2.37. The van der Waals surface area contributed by atoms with E-state index in [1.807, 2.05) is 0 Å². The van der Waals surface area contributed by atoms with Crippen molar-refractivity contribution in [2.75, 3.05) is 20.2 Å². The Hall–Kier alpha value is -0.580. The second-order valence-corrected chi connectivity index (χ2v) is 3.91. The van der Waals surface area contributed by atoms with Crippen molar-refractivity contribution in [3.05, 3.63) is 11.6 Å². The number of halogens is 1. The van der Waals surface area contributed by atoms with Gasteiger partial charge in [0.2, 0.25) is 0 Å². The van der Waals surface area contributed by atoms with Gasteiger partial charge in [-0.25, -0.2) is 0 Å². The molecule has 4 nitrogen and oxygen atoms in total. The fourth-order valence-electron chi connectivity index (χ4n) is 1.66. The molecule has 1 aliphatic rings. The van der Waals surface area contributed by atoms with Crippen molar-refractivity contribution in [3.63, 3.8) is 0 Å². The van der Waals surface area contributed by atoms with E-state index < -0.39 is 12.1 Å². The first kappa shape index (κ1) is 11.5. The number of aliphatic hydroxyl groups is 1. The van der Waals surface area contributed by atoms with Crippen LogP contribution < -0.4 is 0 Å². The van der Waals surface area contributed by atoms with Gasteiger partial charge in [0.1, 0.15) is 6.04 Å². The highest BCUT2D eigenvalue weighted by Gasteiger charge is 2.36. The summed E-state index contributed by atoms with van der Waals surface area (Å²) < 4.78 is 4.63. The van der Waals surface area contributed by atoms with Gasteiger partial charge in [-0.15, -0.1) is 0 Å². The second-order valence-electron chi connectivity index (χ2n) is 3.38. The molecule has 0 spiro atoms. The van der Waals surface area contributed by atoms with Crippen molar-refractivity contribution in [3.8, 4) is 0 Å². The van der Waals surface area contributed by atoms with Crippen molar-refractivity contribution in [1.82, 2.24) is 4.90 Å². The Kier molecular flexibility index (Phi) is 3.92. The van der Waals surface area contributed by atoms with Gasteiger partial charge in [0.25, 0.3) is 0 Å². The maximum absolute atomic E-state index is 11.3. The lowest BCUT2D eigenvalue weighted by Gasteiger charge is -2.20. The third-order valence-corrected chi connectivity index (χ3v) is 2.35. The predicted molar refractivity (Wildman–Crippen MR) is 53.0 cm³/mol. The molecule has 0 amide bonds. The molecule has 1 saturated heterocycles. The van der Waals surface area contributed by atoms with E-state index in [9.17, 15) is 9.90 Å². The topological polar surface area (TPSA) is 49.8 Å². The van der Waals surface area contributed by atoms with Gasteiger partial charge in [0.05, 0.1) is 13.2 Å². The summed E-state index contributed by atoms with van der Waals surface area (Å²) in [5.41, 5.74) is 0. The van der Waals surface area contributed by atoms with Crippen molar-refractivity contribution in [2.24, 2.45) is 0 Å². The van der Waals surface area contributed by atoms with Crippen LogP contribution in [0.4, 0.5) is 0 Å². The molecule has 2 atom stereocenters. The number of likely N-dealkylation sites (tertiary alicyclic amines) is 1. The second kappa shape index (κ2) is 4.77. The highest BCUT2D eigenvalue weighted by molar-refractivity contribution is 6.29. The minimum absolute atomic E-state index is 0.334. The number of carbonyl (C=O) groups is 1. The summed E-state index contributed by atoms with van der Waals surface area (Å²) in [6.07, 6.45) is -0.0910. The number of carbonyl (C=O) groups excluding carboxylic acids is 1. The van der Waals surface area contributed by atoms with E-state index >= 15 is 0 Å². The summed E-state index contributed by atoms with van der Waals surface area (Å²) in [5, 5.41) is 9.86. The normalized spacial score (nSPS) is 27.6. The monoisotopic (exact) mass is 219 g/mol. The van der Waals surface area contributed by atoms with E-state index in [0.29, 0.717) is 24.5 Å². The number of nitrogens with zero attached hydrogens (tertiary/aromatic N) is 1. The first-order valence-electron chi connectivity index (χ1n) is 4.37. The molecule has 5 heteroatoms. The molecule has 0 bridgehead atoms. The van der Waals surface area contributed by atoms with E-state index in [1.54, 1.807) is 4.90 Å². The molecule has 14 heavy (non-hydrogen) atoms. The SMILES string of the molecule is C=C(Cl)CN1C[C@@H](O)C[C@H]1C(=O)OC. The van der Waals surface area contributed by atoms with Gasteiger partial charge in [-0.1, -0.05) is 18.2 Å². The number of β-amino-alcohol motifs (C(OH)–C–C–N with tert-alkyl or cyclic N) is 1. The van der Waals surface area contributed by atoms with Gasteiger partial charge in [-0.2, -0.15) is 0 Å². The van der Waals surface area contributed by atoms with Crippen LogP contribution in [0, 0.1) is 0 Å². The summed E-state index contributed by atoms with van der Waals surface area (Å²) in [4.78, 5) is 13.1. The molecule has 1 aliphatic heterocycles. The Bertz CT molecular complexity index is 244. The smallest absolute Gasteiger partial charge is 0.323 e. The molecule has 0 unspecified atom stereocenters. The lowest BCUT2D eigenvalue weighted by molar-refractivity contribution is -0.145. The van der Waals surface area contributed by atoms with Gasteiger partial charge in [-0.3, -0.25) is 9.69 Å². The minimum Gasteiger partial charge on any atom is -0.468 e. The molecule has 0 radical (unpaired) electrons. The molecular weight excluding hydrogens is 206 g/mol. The first-order valence-corrected chi connectivity index (χ1v) is 4.75. The van der Waals surface area contributed by atoms with Crippen molar-refractivity contribution in [2.45, 2.75) is 18.6 Å². The zero-order valence-electron chi connectivity index (χ0n) is 8.07. The fourth-order valence-corrected chi connectivity index (χ4v) is 1.81. The summed E-state index contributed by atoms with van der Waals surface area (Å²) in [7, 11) is 1.33. The first-order chi connectivity index (χ1) is 6.54. The molecule has 1 heterocycles. The summed E-state index contributed by atoms with van der Waals surface area (Å²) in [5.74, 6) is -0.334. The maximum atomic E-state index is 11.3. The maximum Gasteiger partial charge on any atom is 0.323 e. The third-order valence-electron chi connectivity index (χ3n) is 2.23. The average molecular weight is 220 g/mol. The fraction of sp³-hybridized carbons (Fsp3) is 0.667. The molecule has 0 saturated carbocycles. The van der Waals surface area contributed by atoms with Crippen LogP contribution in [0.5, 0.6) is 0 Å². The molecule has 80 valence electrons. The highest BCUT2D eigenvalue weighted by Crippen LogP contribution is 2.20. The average Bonchev–Trinajstić information content (AvgIpc) is 2.44. The number of aliphatic hydroxyl groups excluding tert-OH is 1. The molecule has 1 N–H and O–H groups in total. The van der Waals surface area contributed by atoms with Gasteiger partial charge in [-0.05, 0) is 0 Å². The predicted octanol–water partition coefficient (Wildman–Crippen LogP) is 0.347. The van der Waals surface area contributed by atoms with Gasteiger partial charge in [0, 0.05) is 24.5 Å². The quantitative estimate of drug-likeness (QED) is 0.696. The van der Waals surface area contributed by atoms with Crippen LogP contribution in [-0.4, -0.2) is 48.3 Å². The summed E-state index contributed by atoms with van der Waals surface area (Å²) in [6, 6.07) is -0.398. The van der Waals surface area contributed by atoms with Crippen LogP contribution in [-0.2, 0) is 9.53 Å². The summed E-state index contributed by atoms with van der Waals surface area (Å²) >= 11 is 5.65. The number of rotatable bonds is 3. The minimum atomic E-state index is -0.491. The molecule has 0 aliphatic carbocycles. The standard InChI is InChI=1S/C9H14ClNO3/c1-6(10)4-11-5-7(12)3-8(11)9(13)14-2/h7-8,12H,1,3-5H2,2H3/t7-,8-/m0/s1. The van der Waals surface area contributed by atoms with E-state index in [4.69, 9.17) is 11.6 Å². The number of hydrogen-bond donors (Lipinski definition) is 1. The highest BCUT2D eigenvalue weighted by atomic mass is 35.5. The molecule has 1 fully saturated rings. The lowest BCUT2D eigenvalue weighted by atomic mass is 10.2. The summed E-state index contributed by atoms with van der Waals surface area (Å²) in [6.45, 7) is 4.39. The van der Waals surface area contributed by atoms with Gasteiger partial charge >= 0.3 is 5.97 Å². The number of hydrogen-bond acceptors (Lipinski definition) is 4. The Balaban J connectivity index is 2.62.